The monoisotopic (exact) mass is 323 g/mol. The molecule has 4 aromatic rings. The Bertz CT molecular complexity index is 1040. The van der Waals surface area contributed by atoms with Gasteiger partial charge in [0, 0.05) is 17.5 Å². The predicted octanol–water partition coefficient (Wildman–Crippen LogP) is 4.82. The number of rotatable bonds is 2. The third-order valence-corrected chi connectivity index (χ3v) is 5.33. The van der Waals surface area contributed by atoms with Crippen molar-refractivity contribution in [3.05, 3.63) is 108 Å². The minimum absolute atomic E-state index is 0.140. The van der Waals surface area contributed by atoms with E-state index < -0.39 is 5.41 Å². The van der Waals surface area contributed by atoms with Crippen molar-refractivity contribution in [2.45, 2.75) is 11.8 Å². The molecule has 0 atom stereocenters. The molecule has 0 amide bonds. The van der Waals surface area contributed by atoms with Gasteiger partial charge in [0.1, 0.15) is 5.41 Å². The predicted molar refractivity (Wildman–Crippen MR) is 99.9 cm³/mol. The number of hydrogen-bond acceptors (Lipinski definition) is 1. The van der Waals surface area contributed by atoms with E-state index in [1.165, 1.54) is 0 Å². The van der Waals surface area contributed by atoms with Crippen LogP contribution < -0.4 is 0 Å². The maximum absolute atomic E-state index is 13.8. The summed E-state index contributed by atoms with van der Waals surface area (Å²) in [5.41, 5.74) is 3.54. The van der Waals surface area contributed by atoms with Crippen molar-refractivity contribution in [1.29, 1.82) is 0 Å². The molecule has 2 heteroatoms. The minimum atomic E-state index is -0.651. The molecule has 1 aromatic heterocycles. The highest BCUT2D eigenvalue weighted by Gasteiger charge is 2.49. The van der Waals surface area contributed by atoms with E-state index in [0.717, 1.165) is 27.7 Å². The molecule has 1 aliphatic heterocycles. The van der Waals surface area contributed by atoms with Gasteiger partial charge in [0.15, 0.2) is 0 Å². The van der Waals surface area contributed by atoms with E-state index in [1.54, 1.807) is 0 Å². The second-order valence-corrected chi connectivity index (χ2v) is 6.65. The second kappa shape index (κ2) is 5.18. The molecule has 0 radical (unpaired) electrons. The number of carbonyl (C=O) groups excluding carboxylic acids is 1. The van der Waals surface area contributed by atoms with Crippen LogP contribution >= 0.6 is 0 Å². The fourth-order valence-electron chi connectivity index (χ4n) is 4.18. The fraction of sp³-hybridized carbons (Fsp3) is 0.0870. The van der Waals surface area contributed by atoms with E-state index >= 15 is 0 Å². The van der Waals surface area contributed by atoms with Gasteiger partial charge in [-0.25, -0.2) is 0 Å². The third-order valence-electron chi connectivity index (χ3n) is 5.33. The number of carbonyl (C=O) groups is 1. The summed E-state index contributed by atoms with van der Waals surface area (Å²) in [6.45, 7) is 0. The molecule has 5 rings (SSSR count). The summed E-state index contributed by atoms with van der Waals surface area (Å²) in [6.07, 6.45) is 0.689. The molecule has 0 N–H and O–H groups in total. The topological polar surface area (TPSA) is 22.0 Å². The first-order chi connectivity index (χ1) is 12.3. The van der Waals surface area contributed by atoms with E-state index in [2.05, 4.69) is 36.4 Å². The number of nitrogens with zero attached hydrogens (tertiary/aromatic N) is 1. The summed E-state index contributed by atoms with van der Waals surface area (Å²) in [4.78, 5) is 13.8. The number of aromatic nitrogens is 1. The van der Waals surface area contributed by atoms with Crippen molar-refractivity contribution in [3.8, 4) is 0 Å². The Morgan fingerprint density at radius 1 is 0.720 bits per heavy atom. The molecular formula is C23H17NO. The van der Waals surface area contributed by atoms with Crippen LogP contribution in [-0.2, 0) is 11.8 Å². The third kappa shape index (κ3) is 1.88. The van der Waals surface area contributed by atoms with Gasteiger partial charge in [-0.2, -0.15) is 0 Å². The molecular weight excluding hydrogens is 306 g/mol. The molecule has 0 saturated heterocycles. The molecule has 0 fully saturated rings. The number of para-hydroxylation sites is 1. The van der Waals surface area contributed by atoms with Crippen LogP contribution in [-0.4, -0.2) is 10.5 Å². The lowest BCUT2D eigenvalue weighted by Crippen LogP contribution is -2.36. The summed E-state index contributed by atoms with van der Waals surface area (Å²) in [7, 11) is 0. The zero-order chi connectivity index (χ0) is 16.9. The van der Waals surface area contributed by atoms with Crippen molar-refractivity contribution in [2.75, 3.05) is 0 Å². The quantitative estimate of drug-likeness (QED) is 0.518. The Morgan fingerprint density at radius 2 is 1.28 bits per heavy atom. The molecule has 25 heavy (non-hydrogen) atoms. The largest absolute Gasteiger partial charge is 0.283 e. The lowest BCUT2D eigenvalue weighted by molar-refractivity contribution is 0.0862. The molecule has 1 aliphatic rings. The lowest BCUT2D eigenvalue weighted by Gasteiger charge is -2.28. The van der Waals surface area contributed by atoms with Crippen LogP contribution in [0.3, 0.4) is 0 Å². The van der Waals surface area contributed by atoms with Gasteiger partial charge < -0.3 is 0 Å². The molecule has 0 bridgehead atoms. The Morgan fingerprint density at radius 3 is 1.92 bits per heavy atom. The summed E-state index contributed by atoms with van der Waals surface area (Å²) >= 11 is 0. The highest BCUT2D eigenvalue weighted by atomic mass is 16.2. The molecule has 120 valence electrons. The van der Waals surface area contributed by atoms with Gasteiger partial charge in [0.2, 0.25) is 5.91 Å². The van der Waals surface area contributed by atoms with Gasteiger partial charge >= 0.3 is 0 Å². The van der Waals surface area contributed by atoms with Gasteiger partial charge in [0.05, 0.1) is 5.52 Å². The molecule has 2 nitrogen and oxygen atoms in total. The maximum atomic E-state index is 13.8. The molecule has 0 spiro atoms. The Hall–Kier alpha value is -3.13. The van der Waals surface area contributed by atoms with Crippen LogP contribution in [0.4, 0.5) is 0 Å². The fourth-order valence-corrected chi connectivity index (χ4v) is 4.18. The first kappa shape index (κ1) is 14.2. The average molecular weight is 323 g/mol. The summed E-state index contributed by atoms with van der Waals surface area (Å²) in [6, 6.07) is 30.6. The Balaban J connectivity index is 1.80. The van der Waals surface area contributed by atoms with E-state index in [1.807, 2.05) is 59.2 Å². The zero-order valence-corrected chi connectivity index (χ0v) is 13.7. The van der Waals surface area contributed by atoms with E-state index in [0.29, 0.717) is 6.42 Å². The van der Waals surface area contributed by atoms with Crippen LogP contribution in [0, 0.1) is 0 Å². The second-order valence-electron chi connectivity index (χ2n) is 6.65. The Kier molecular flexibility index (Phi) is 2.95. The first-order valence-corrected chi connectivity index (χ1v) is 8.56. The highest BCUT2D eigenvalue weighted by Crippen LogP contribution is 2.44. The average Bonchev–Trinajstić information content (AvgIpc) is 3.18. The molecule has 2 heterocycles. The SMILES string of the molecule is O=C1n2c(cc3ccccc32)CC1(c1ccccc1)c1ccccc1. The van der Waals surface area contributed by atoms with Crippen molar-refractivity contribution >= 4 is 16.8 Å². The molecule has 3 aromatic carbocycles. The first-order valence-electron chi connectivity index (χ1n) is 8.56. The van der Waals surface area contributed by atoms with Crippen molar-refractivity contribution < 1.29 is 4.79 Å². The molecule has 0 saturated carbocycles. The smallest absolute Gasteiger partial charge is 0.246 e. The maximum Gasteiger partial charge on any atom is 0.246 e. The van der Waals surface area contributed by atoms with Crippen molar-refractivity contribution in [2.24, 2.45) is 0 Å². The standard InChI is InChI=1S/C23H17NO/c25-22-23(18-10-3-1-4-11-18,19-12-5-2-6-13-19)16-20-15-17-9-7-8-14-21(17)24(20)22/h1-15H,16H2. The van der Waals surface area contributed by atoms with Crippen LogP contribution in [0.25, 0.3) is 10.9 Å². The normalized spacial score (nSPS) is 15.4. The van der Waals surface area contributed by atoms with E-state index in [-0.39, 0.29) is 5.91 Å². The van der Waals surface area contributed by atoms with Gasteiger partial charge in [-0.1, -0.05) is 78.9 Å². The number of hydrogen-bond donors (Lipinski definition) is 0. The van der Waals surface area contributed by atoms with E-state index in [4.69, 9.17) is 0 Å². The molecule has 0 aliphatic carbocycles. The summed E-state index contributed by atoms with van der Waals surface area (Å²) < 4.78 is 1.91. The van der Waals surface area contributed by atoms with Gasteiger partial charge in [0.25, 0.3) is 0 Å². The zero-order valence-electron chi connectivity index (χ0n) is 13.7. The van der Waals surface area contributed by atoms with Crippen LogP contribution in [0.15, 0.2) is 91.0 Å². The van der Waals surface area contributed by atoms with Crippen LogP contribution in [0.5, 0.6) is 0 Å². The lowest BCUT2D eigenvalue weighted by atomic mass is 9.72. The number of fused-ring (bicyclic) bond motifs is 3. The number of benzene rings is 3. The van der Waals surface area contributed by atoms with E-state index in [9.17, 15) is 4.79 Å². The minimum Gasteiger partial charge on any atom is -0.283 e. The van der Waals surface area contributed by atoms with Gasteiger partial charge in [-0.3, -0.25) is 9.36 Å². The summed E-state index contributed by atoms with van der Waals surface area (Å²) in [5.74, 6) is 0.140. The van der Waals surface area contributed by atoms with Crippen LogP contribution in [0.1, 0.15) is 21.6 Å². The van der Waals surface area contributed by atoms with Crippen molar-refractivity contribution in [3.63, 3.8) is 0 Å². The molecule has 0 unspecified atom stereocenters. The van der Waals surface area contributed by atoms with Crippen LogP contribution in [0.2, 0.25) is 0 Å². The van der Waals surface area contributed by atoms with Gasteiger partial charge in [-0.15, -0.1) is 0 Å². The Labute approximate surface area is 146 Å². The van der Waals surface area contributed by atoms with Crippen molar-refractivity contribution in [1.82, 2.24) is 4.57 Å². The summed E-state index contributed by atoms with van der Waals surface area (Å²) in [5, 5.41) is 1.13. The van der Waals surface area contributed by atoms with Gasteiger partial charge in [-0.05, 0) is 23.3 Å². The highest BCUT2D eigenvalue weighted by molar-refractivity contribution is 6.04.